The van der Waals surface area contributed by atoms with E-state index in [1.807, 2.05) is 32.0 Å². The third kappa shape index (κ3) is 4.25. The monoisotopic (exact) mass is 424 g/mol. The van der Waals surface area contributed by atoms with Gasteiger partial charge in [-0.2, -0.15) is 5.10 Å². The van der Waals surface area contributed by atoms with E-state index in [2.05, 4.69) is 15.0 Å². The zero-order chi connectivity index (χ0) is 21.3. The number of benzene rings is 1. The summed E-state index contributed by atoms with van der Waals surface area (Å²) in [6.45, 7) is 5.52. The van der Waals surface area contributed by atoms with Gasteiger partial charge in [-0.15, -0.1) is 0 Å². The molecule has 3 heterocycles. The van der Waals surface area contributed by atoms with E-state index in [-0.39, 0.29) is 18.3 Å². The fourth-order valence-corrected chi connectivity index (χ4v) is 4.06. The van der Waals surface area contributed by atoms with Gasteiger partial charge in [-0.3, -0.25) is 4.79 Å². The number of hydrogen-bond donors (Lipinski definition) is 1. The molecule has 6 nitrogen and oxygen atoms in total. The smallest absolute Gasteiger partial charge is 0.170 e. The molecule has 2 aromatic heterocycles. The van der Waals surface area contributed by atoms with Crippen molar-refractivity contribution in [3.63, 3.8) is 0 Å². The summed E-state index contributed by atoms with van der Waals surface area (Å²) in [7, 11) is 0. The number of nitrogens with zero attached hydrogens (tertiary/aromatic N) is 4. The van der Waals surface area contributed by atoms with E-state index in [9.17, 15) is 9.90 Å². The van der Waals surface area contributed by atoms with Gasteiger partial charge >= 0.3 is 0 Å². The molecule has 0 spiro atoms. The quantitative estimate of drug-likeness (QED) is 0.628. The number of aliphatic hydroxyl groups is 1. The van der Waals surface area contributed by atoms with Crippen molar-refractivity contribution in [1.82, 2.24) is 14.8 Å². The highest BCUT2D eigenvalue weighted by Gasteiger charge is 2.20. The Kier molecular flexibility index (Phi) is 5.88. The predicted octanol–water partition coefficient (Wildman–Crippen LogP) is 3.92. The number of aliphatic hydroxyl groups excluding tert-OH is 1. The summed E-state index contributed by atoms with van der Waals surface area (Å²) in [4.78, 5) is 19.7. The minimum absolute atomic E-state index is 0.0164. The zero-order valence-electron chi connectivity index (χ0n) is 17.2. The van der Waals surface area contributed by atoms with Gasteiger partial charge in [0, 0.05) is 30.7 Å². The van der Waals surface area contributed by atoms with Crippen LogP contribution < -0.4 is 4.90 Å². The Morgan fingerprint density at radius 2 is 1.87 bits per heavy atom. The average molecular weight is 425 g/mol. The number of aryl methyl sites for hydroxylation is 1. The Morgan fingerprint density at radius 1 is 1.17 bits per heavy atom. The van der Waals surface area contributed by atoms with Crippen LogP contribution in [0.5, 0.6) is 0 Å². The second-order valence-corrected chi connectivity index (χ2v) is 8.27. The van der Waals surface area contributed by atoms with Gasteiger partial charge in [-0.1, -0.05) is 17.7 Å². The van der Waals surface area contributed by atoms with Crippen molar-refractivity contribution in [2.45, 2.75) is 39.2 Å². The molecule has 1 N–H and O–H groups in total. The number of pyridine rings is 1. The molecule has 30 heavy (non-hydrogen) atoms. The van der Waals surface area contributed by atoms with Crippen LogP contribution in [0.1, 0.15) is 40.0 Å². The van der Waals surface area contributed by atoms with Crippen molar-refractivity contribution in [3.8, 4) is 5.69 Å². The molecule has 0 saturated carbocycles. The van der Waals surface area contributed by atoms with E-state index in [1.54, 1.807) is 29.2 Å². The van der Waals surface area contributed by atoms with Crippen molar-refractivity contribution in [2.24, 2.45) is 0 Å². The first-order valence-corrected chi connectivity index (χ1v) is 10.5. The van der Waals surface area contributed by atoms with E-state index >= 15 is 0 Å². The highest BCUT2D eigenvalue weighted by molar-refractivity contribution is 6.30. The highest BCUT2D eigenvalue weighted by Crippen LogP contribution is 2.23. The number of Topliss-reactive ketones (excluding diaryl/α,β-unsaturated/α-hetero) is 1. The molecule has 0 unspecified atom stereocenters. The number of hydrogen-bond acceptors (Lipinski definition) is 5. The molecule has 3 aromatic rings. The maximum Gasteiger partial charge on any atom is 0.170 e. The van der Waals surface area contributed by atoms with Crippen LogP contribution in [-0.2, 0) is 6.42 Å². The number of carbonyl (C=O) groups excluding carboxylic acids is 1. The summed E-state index contributed by atoms with van der Waals surface area (Å²) in [5, 5.41) is 14.8. The molecule has 0 amide bonds. The normalized spacial score (nSPS) is 14.9. The van der Waals surface area contributed by atoms with E-state index in [1.165, 1.54) is 0 Å². The fourth-order valence-electron chi connectivity index (χ4n) is 3.94. The first kappa shape index (κ1) is 20.6. The fraction of sp³-hybridized carbons (Fsp3) is 0.348. The second-order valence-electron chi connectivity index (χ2n) is 7.83. The molecule has 1 aromatic carbocycles. The van der Waals surface area contributed by atoms with E-state index < -0.39 is 0 Å². The standard InChI is InChI=1S/C23H25ClN4O2/c1-15-11-17(13-25-23(15)27-9-7-20(29)8-10-27)12-22(30)21-14-26-28(16(21)2)19-5-3-18(24)4-6-19/h3-6,11,13-14,20,29H,7-10,12H2,1-2H3. The molecular formula is C23H25ClN4O2. The maximum atomic E-state index is 12.9. The maximum absolute atomic E-state index is 12.9. The topological polar surface area (TPSA) is 71.2 Å². The van der Waals surface area contributed by atoms with Crippen molar-refractivity contribution in [1.29, 1.82) is 0 Å². The van der Waals surface area contributed by atoms with Gasteiger partial charge in [0.05, 0.1) is 29.2 Å². The lowest BCUT2D eigenvalue weighted by Gasteiger charge is -2.31. The zero-order valence-corrected chi connectivity index (χ0v) is 17.9. The number of aromatic nitrogens is 3. The predicted molar refractivity (Wildman–Crippen MR) is 118 cm³/mol. The molecule has 1 aliphatic heterocycles. The van der Waals surface area contributed by atoms with Gasteiger partial charge in [-0.05, 0) is 62.1 Å². The summed E-state index contributed by atoms with van der Waals surface area (Å²) >= 11 is 5.96. The number of carbonyl (C=O) groups is 1. The van der Waals surface area contributed by atoms with Crippen LogP contribution in [0.2, 0.25) is 5.02 Å². The Labute approximate surface area is 181 Å². The van der Waals surface area contributed by atoms with Gasteiger partial charge < -0.3 is 10.0 Å². The number of ketones is 1. The van der Waals surface area contributed by atoms with E-state index in [0.717, 1.165) is 54.3 Å². The minimum Gasteiger partial charge on any atom is -0.393 e. The number of halogens is 1. The van der Waals surface area contributed by atoms with E-state index in [4.69, 9.17) is 11.6 Å². The van der Waals surface area contributed by atoms with Crippen LogP contribution >= 0.6 is 11.6 Å². The average Bonchev–Trinajstić information content (AvgIpc) is 3.11. The van der Waals surface area contributed by atoms with Crippen molar-refractivity contribution >= 4 is 23.2 Å². The third-order valence-electron chi connectivity index (χ3n) is 5.62. The molecular weight excluding hydrogens is 400 g/mol. The molecule has 4 rings (SSSR count). The van der Waals surface area contributed by atoms with Gasteiger partial charge in [-0.25, -0.2) is 9.67 Å². The molecule has 0 bridgehead atoms. The summed E-state index contributed by atoms with van der Waals surface area (Å²) in [6, 6.07) is 9.39. The Bertz CT molecular complexity index is 1050. The Morgan fingerprint density at radius 3 is 2.53 bits per heavy atom. The van der Waals surface area contributed by atoms with Gasteiger partial charge in [0.1, 0.15) is 5.82 Å². The molecule has 156 valence electrons. The number of rotatable bonds is 5. The molecule has 0 radical (unpaired) electrons. The van der Waals surface area contributed by atoms with Gasteiger partial charge in [0.2, 0.25) is 0 Å². The van der Waals surface area contributed by atoms with Crippen LogP contribution in [0.25, 0.3) is 5.69 Å². The largest absolute Gasteiger partial charge is 0.393 e. The Balaban J connectivity index is 1.49. The highest BCUT2D eigenvalue weighted by atomic mass is 35.5. The second kappa shape index (κ2) is 8.58. The van der Waals surface area contributed by atoms with Crippen LogP contribution in [0.3, 0.4) is 0 Å². The summed E-state index contributed by atoms with van der Waals surface area (Å²) < 4.78 is 1.75. The first-order chi connectivity index (χ1) is 14.4. The molecule has 1 saturated heterocycles. The van der Waals surface area contributed by atoms with Crippen LogP contribution in [0.15, 0.2) is 42.7 Å². The Hall–Kier alpha value is -2.70. The van der Waals surface area contributed by atoms with Crippen LogP contribution in [0.4, 0.5) is 5.82 Å². The lowest BCUT2D eigenvalue weighted by molar-refractivity contribution is 0.0992. The lowest BCUT2D eigenvalue weighted by atomic mass is 10.0. The molecule has 1 fully saturated rings. The summed E-state index contributed by atoms with van der Waals surface area (Å²) in [5.41, 5.74) is 4.21. The van der Waals surface area contributed by atoms with Crippen molar-refractivity contribution in [2.75, 3.05) is 18.0 Å². The number of anilines is 1. The van der Waals surface area contributed by atoms with Crippen molar-refractivity contribution < 1.29 is 9.90 Å². The van der Waals surface area contributed by atoms with Crippen LogP contribution in [-0.4, -0.2) is 44.8 Å². The summed E-state index contributed by atoms with van der Waals surface area (Å²) in [6.07, 6.45) is 5.00. The summed E-state index contributed by atoms with van der Waals surface area (Å²) in [5.74, 6) is 0.951. The van der Waals surface area contributed by atoms with E-state index in [0.29, 0.717) is 10.6 Å². The molecule has 1 aliphatic rings. The number of piperidine rings is 1. The third-order valence-corrected chi connectivity index (χ3v) is 5.87. The molecule has 7 heteroatoms. The first-order valence-electron chi connectivity index (χ1n) is 10.1. The molecule has 0 aliphatic carbocycles. The van der Waals surface area contributed by atoms with Gasteiger partial charge in [0.15, 0.2) is 5.78 Å². The SMILES string of the molecule is Cc1cc(CC(=O)c2cnn(-c3ccc(Cl)cc3)c2C)cnc1N1CCC(O)CC1. The van der Waals surface area contributed by atoms with Gasteiger partial charge in [0.25, 0.3) is 0 Å². The van der Waals surface area contributed by atoms with Crippen molar-refractivity contribution in [3.05, 3.63) is 70.1 Å². The molecule has 0 atom stereocenters. The lowest BCUT2D eigenvalue weighted by Crippen LogP contribution is -2.36. The minimum atomic E-state index is -0.213. The van der Waals surface area contributed by atoms with Crippen LogP contribution in [0, 0.1) is 13.8 Å².